The molecule has 0 unspecified atom stereocenters. The Hall–Kier alpha value is -3.13. The summed E-state index contributed by atoms with van der Waals surface area (Å²) < 4.78 is 25.7. The standard InChI is InChI=1S/C22H22N4O3S/c1-30(28,29)22-24-20(19-8-4-5-11-26(19)22)21(27)25-12-9-15(10-13-25)17-14-23-18-7-3-2-6-16(17)18/h2-8,11,14-15,23H,9-10,12-13H2,1H3. The van der Waals surface area contributed by atoms with Crippen LogP contribution in [0.15, 0.2) is 60.0 Å². The van der Waals surface area contributed by atoms with Gasteiger partial charge in [0.2, 0.25) is 15.0 Å². The number of aromatic nitrogens is 3. The summed E-state index contributed by atoms with van der Waals surface area (Å²) in [5.41, 5.74) is 3.14. The van der Waals surface area contributed by atoms with Crippen LogP contribution in [0.5, 0.6) is 0 Å². The number of amides is 1. The van der Waals surface area contributed by atoms with Gasteiger partial charge in [0.05, 0.1) is 5.52 Å². The zero-order valence-electron chi connectivity index (χ0n) is 16.6. The molecule has 30 heavy (non-hydrogen) atoms. The first kappa shape index (κ1) is 18.9. The third-order valence-electron chi connectivity index (χ3n) is 5.89. The van der Waals surface area contributed by atoms with E-state index in [-0.39, 0.29) is 16.8 Å². The van der Waals surface area contributed by atoms with E-state index in [0.29, 0.717) is 24.5 Å². The van der Waals surface area contributed by atoms with Crippen molar-refractivity contribution in [3.63, 3.8) is 0 Å². The second kappa shape index (κ2) is 6.98. The average Bonchev–Trinajstić information content (AvgIpc) is 3.35. The summed E-state index contributed by atoms with van der Waals surface area (Å²) in [6.07, 6.45) is 6.53. The number of hydrogen-bond donors (Lipinski definition) is 1. The van der Waals surface area contributed by atoms with Crippen LogP contribution < -0.4 is 0 Å². The van der Waals surface area contributed by atoms with Crippen molar-refractivity contribution >= 4 is 32.2 Å². The molecule has 0 saturated carbocycles. The van der Waals surface area contributed by atoms with Crippen molar-refractivity contribution in [1.82, 2.24) is 19.3 Å². The van der Waals surface area contributed by atoms with Crippen LogP contribution in [-0.4, -0.2) is 52.9 Å². The number of carbonyl (C=O) groups is 1. The highest BCUT2D eigenvalue weighted by atomic mass is 32.2. The summed E-state index contributed by atoms with van der Waals surface area (Å²) in [5.74, 6) is 0.168. The predicted octanol–water partition coefficient (Wildman–Crippen LogP) is 3.24. The highest BCUT2D eigenvalue weighted by Crippen LogP contribution is 2.33. The normalized spacial score (nSPS) is 15.8. The van der Waals surface area contributed by atoms with Crippen molar-refractivity contribution in [1.29, 1.82) is 0 Å². The first-order valence-electron chi connectivity index (χ1n) is 9.96. The second-order valence-corrected chi connectivity index (χ2v) is 9.74. The first-order chi connectivity index (χ1) is 14.4. The lowest BCUT2D eigenvalue weighted by molar-refractivity contribution is 0.0709. The molecule has 1 saturated heterocycles. The van der Waals surface area contributed by atoms with E-state index in [4.69, 9.17) is 0 Å². The van der Waals surface area contributed by atoms with Crippen molar-refractivity contribution in [2.75, 3.05) is 19.3 Å². The summed E-state index contributed by atoms with van der Waals surface area (Å²) in [6, 6.07) is 13.5. The summed E-state index contributed by atoms with van der Waals surface area (Å²) >= 11 is 0. The van der Waals surface area contributed by atoms with Crippen LogP contribution in [0.3, 0.4) is 0 Å². The summed E-state index contributed by atoms with van der Waals surface area (Å²) in [5, 5.41) is 1.13. The lowest BCUT2D eigenvalue weighted by atomic mass is 9.89. The Kier molecular flexibility index (Phi) is 4.39. The number of nitrogens with zero attached hydrogens (tertiary/aromatic N) is 3. The number of aromatic amines is 1. The maximum Gasteiger partial charge on any atom is 0.274 e. The largest absolute Gasteiger partial charge is 0.361 e. The van der Waals surface area contributed by atoms with Crippen molar-refractivity contribution < 1.29 is 13.2 Å². The number of pyridine rings is 1. The third-order valence-corrected chi connectivity index (χ3v) is 6.84. The zero-order valence-corrected chi connectivity index (χ0v) is 17.4. The number of imidazole rings is 1. The lowest BCUT2D eigenvalue weighted by Gasteiger charge is -2.31. The highest BCUT2D eigenvalue weighted by molar-refractivity contribution is 7.90. The van der Waals surface area contributed by atoms with E-state index in [1.165, 1.54) is 15.4 Å². The molecule has 1 fully saturated rings. The van der Waals surface area contributed by atoms with Crippen LogP contribution in [0.2, 0.25) is 0 Å². The number of nitrogens with one attached hydrogen (secondary N) is 1. The molecule has 4 heterocycles. The number of para-hydroxylation sites is 1. The predicted molar refractivity (Wildman–Crippen MR) is 114 cm³/mol. The first-order valence-corrected chi connectivity index (χ1v) is 11.8. The van der Waals surface area contributed by atoms with Gasteiger partial charge in [-0.05, 0) is 42.5 Å². The molecule has 154 valence electrons. The number of H-pyrrole nitrogens is 1. The van der Waals surface area contributed by atoms with Gasteiger partial charge in [0.1, 0.15) is 0 Å². The van der Waals surface area contributed by atoms with Gasteiger partial charge in [-0.1, -0.05) is 24.3 Å². The Balaban J connectivity index is 1.40. The van der Waals surface area contributed by atoms with E-state index in [1.54, 1.807) is 29.3 Å². The molecule has 1 aliphatic heterocycles. The third kappa shape index (κ3) is 3.08. The minimum absolute atomic E-state index is 0.102. The SMILES string of the molecule is CS(=O)(=O)c1nc(C(=O)N2CCC(c3c[nH]c4ccccc34)CC2)c2ccccn12. The molecule has 0 spiro atoms. The molecular formula is C22H22N4O3S. The fraction of sp³-hybridized carbons (Fsp3) is 0.273. The summed E-state index contributed by atoms with van der Waals surface area (Å²) in [4.78, 5) is 22.5. The van der Waals surface area contributed by atoms with Gasteiger partial charge in [-0.2, -0.15) is 0 Å². The molecule has 3 aromatic heterocycles. The van der Waals surface area contributed by atoms with E-state index in [1.807, 2.05) is 12.1 Å². The molecule has 5 rings (SSSR count). The van der Waals surface area contributed by atoms with Crippen LogP contribution >= 0.6 is 0 Å². The van der Waals surface area contributed by atoms with Gasteiger partial charge in [0.15, 0.2) is 5.69 Å². The Bertz CT molecular complexity index is 1360. The Morgan fingerprint density at radius 1 is 1.10 bits per heavy atom. The summed E-state index contributed by atoms with van der Waals surface area (Å²) in [7, 11) is -3.55. The Morgan fingerprint density at radius 3 is 2.60 bits per heavy atom. The number of carbonyl (C=O) groups excluding carboxylic acids is 1. The molecule has 4 aromatic rings. The maximum atomic E-state index is 13.2. The molecule has 1 aromatic carbocycles. The molecule has 0 bridgehead atoms. The fourth-order valence-electron chi connectivity index (χ4n) is 4.40. The number of benzene rings is 1. The fourth-order valence-corrected chi connectivity index (χ4v) is 5.18. The number of sulfone groups is 1. The second-order valence-electron chi connectivity index (χ2n) is 7.83. The number of rotatable bonds is 3. The van der Waals surface area contributed by atoms with E-state index in [2.05, 4.69) is 28.3 Å². The van der Waals surface area contributed by atoms with E-state index in [9.17, 15) is 13.2 Å². The Labute approximate surface area is 174 Å². The molecule has 0 aliphatic carbocycles. The number of hydrogen-bond acceptors (Lipinski definition) is 4. The van der Waals surface area contributed by atoms with Gasteiger partial charge in [-0.25, -0.2) is 13.4 Å². The van der Waals surface area contributed by atoms with Crippen LogP contribution in [-0.2, 0) is 9.84 Å². The van der Waals surface area contributed by atoms with Gasteiger partial charge in [0, 0.05) is 42.6 Å². The van der Waals surface area contributed by atoms with Crippen molar-refractivity contribution in [2.45, 2.75) is 23.9 Å². The monoisotopic (exact) mass is 422 g/mol. The molecule has 1 aliphatic rings. The minimum Gasteiger partial charge on any atom is -0.361 e. The molecule has 1 N–H and O–H groups in total. The number of fused-ring (bicyclic) bond motifs is 2. The zero-order chi connectivity index (χ0) is 20.9. The van der Waals surface area contributed by atoms with Crippen molar-refractivity contribution in [2.24, 2.45) is 0 Å². The quantitative estimate of drug-likeness (QED) is 0.549. The molecule has 1 amide bonds. The van der Waals surface area contributed by atoms with Gasteiger partial charge in [-0.15, -0.1) is 0 Å². The van der Waals surface area contributed by atoms with Crippen LogP contribution in [0.1, 0.15) is 34.8 Å². The highest BCUT2D eigenvalue weighted by Gasteiger charge is 2.30. The van der Waals surface area contributed by atoms with E-state index in [0.717, 1.165) is 24.6 Å². The van der Waals surface area contributed by atoms with Gasteiger partial charge in [0.25, 0.3) is 5.91 Å². The van der Waals surface area contributed by atoms with Crippen molar-refractivity contribution in [3.8, 4) is 0 Å². The van der Waals surface area contributed by atoms with E-state index >= 15 is 0 Å². The maximum absolute atomic E-state index is 13.2. The number of likely N-dealkylation sites (tertiary alicyclic amines) is 1. The average molecular weight is 423 g/mol. The molecular weight excluding hydrogens is 400 g/mol. The van der Waals surface area contributed by atoms with Gasteiger partial charge in [-0.3, -0.25) is 9.20 Å². The van der Waals surface area contributed by atoms with Crippen LogP contribution in [0.25, 0.3) is 16.4 Å². The summed E-state index contributed by atoms with van der Waals surface area (Å²) in [6.45, 7) is 1.23. The van der Waals surface area contributed by atoms with E-state index < -0.39 is 9.84 Å². The molecule has 7 nitrogen and oxygen atoms in total. The smallest absolute Gasteiger partial charge is 0.274 e. The number of piperidine rings is 1. The minimum atomic E-state index is -3.55. The van der Waals surface area contributed by atoms with Crippen molar-refractivity contribution in [3.05, 3.63) is 66.1 Å². The van der Waals surface area contributed by atoms with Crippen LogP contribution in [0.4, 0.5) is 0 Å². The molecule has 8 heteroatoms. The lowest BCUT2D eigenvalue weighted by Crippen LogP contribution is -2.38. The molecule has 0 atom stereocenters. The van der Waals surface area contributed by atoms with Crippen LogP contribution in [0, 0.1) is 0 Å². The van der Waals surface area contributed by atoms with Gasteiger partial charge >= 0.3 is 0 Å². The molecule has 0 radical (unpaired) electrons. The van der Waals surface area contributed by atoms with Gasteiger partial charge < -0.3 is 9.88 Å². The topological polar surface area (TPSA) is 87.5 Å². The Morgan fingerprint density at radius 2 is 1.83 bits per heavy atom.